The number of carboxylic acids is 1. The maximum atomic E-state index is 13.8. The largest absolute Gasteiger partial charge is 0.478 e. The Labute approximate surface area is 178 Å². The van der Waals surface area contributed by atoms with Crippen molar-refractivity contribution < 1.29 is 37.1 Å². The van der Waals surface area contributed by atoms with Crippen molar-refractivity contribution in [3.63, 3.8) is 0 Å². The van der Waals surface area contributed by atoms with Gasteiger partial charge in [-0.05, 0) is 48.5 Å². The van der Waals surface area contributed by atoms with Crippen LogP contribution in [0.3, 0.4) is 0 Å². The monoisotopic (exact) mass is 446 g/mol. The number of carboxylic acid groups (broad SMARTS) is 1. The van der Waals surface area contributed by atoms with Crippen LogP contribution in [0.15, 0.2) is 66.7 Å². The van der Waals surface area contributed by atoms with Gasteiger partial charge in [0.05, 0.1) is 22.4 Å². The molecule has 3 rings (SSSR count). The summed E-state index contributed by atoms with van der Waals surface area (Å²) >= 11 is 0. The molecule has 3 aromatic rings. The molecule has 0 aromatic heterocycles. The van der Waals surface area contributed by atoms with E-state index in [0.29, 0.717) is 12.1 Å². The van der Waals surface area contributed by atoms with E-state index >= 15 is 0 Å². The Kier molecular flexibility index (Phi) is 6.24. The Balaban J connectivity index is 1.82. The molecule has 0 aliphatic heterocycles. The minimum Gasteiger partial charge on any atom is -0.478 e. The lowest BCUT2D eigenvalue weighted by molar-refractivity contribution is -0.140. The summed E-state index contributed by atoms with van der Waals surface area (Å²) in [5, 5.41) is 13.9. The standard InChI is InChI=1S/C22H14F4N2O4/c23-17-11-12(8-9-16(17)22(24,25)26)19(29)28-18-7-2-1-6-15(18)20(30)27-14-5-3-4-13(10-14)21(31)32/h1-11H,(H,27,30)(H,28,29)(H,31,32). The molecule has 0 atom stereocenters. The molecule has 10 heteroatoms. The van der Waals surface area contributed by atoms with Gasteiger partial charge in [-0.25, -0.2) is 9.18 Å². The van der Waals surface area contributed by atoms with Gasteiger partial charge in [-0.1, -0.05) is 18.2 Å². The van der Waals surface area contributed by atoms with E-state index in [1.165, 1.54) is 48.5 Å². The van der Waals surface area contributed by atoms with Crippen LogP contribution in [0.5, 0.6) is 0 Å². The quantitative estimate of drug-likeness (QED) is 0.478. The van der Waals surface area contributed by atoms with Crippen LogP contribution in [-0.2, 0) is 6.18 Å². The van der Waals surface area contributed by atoms with Gasteiger partial charge in [0.1, 0.15) is 5.82 Å². The summed E-state index contributed by atoms with van der Waals surface area (Å²) in [7, 11) is 0. The van der Waals surface area contributed by atoms with E-state index in [1.807, 2.05) is 0 Å². The topological polar surface area (TPSA) is 95.5 Å². The van der Waals surface area contributed by atoms with Crippen molar-refractivity contribution in [1.29, 1.82) is 0 Å². The predicted molar refractivity (Wildman–Crippen MR) is 107 cm³/mol. The second-order valence-electron chi connectivity index (χ2n) is 6.53. The van der Waals surface area contributed by atoms with Gasteiger partial charge in [0.15, 0.2) is 0 Å². The first-order valence-corrected chi connectivity index (χ1v) is 8.98. The molecule has 0 fully saturated rings. The van der Waals surface area contributed by atoms with Crippen LogP contribution in [-0.4, -0.2) is 22.9 Å². The van der Waals surface area contributed by atoms with Crippen LogP contribution < -0.4 is 10.6 Å². The SMILES string of the molecule is O=C(O)c1cccc(NC(=O)c2ccccc2NC(=O)c2ccc(C(F)(F)F)c(F)c2)c1. The first kappa shape index (κ1) is 22.5. The summed E-state index contributed by atoms with van der Waals surface area (Å²) in [6.07, 6.45) is -4.90. The molecule has 32 heavy (non-hydrogen) atoms. The highest BCUT2D eigenvalue weighted by molar-refractivity contribution is 6.12. The third-order valence-electron chi connectivity index (χ3n) is 4.32. The zero-order chi connectivity index (χ0) is 23.5. The zero-order valence-electron chi connectivity index (χ0n) is 16.0. The van der Waals surface area contributed by atoms with Crippen LogP contribution in [0.4, 0.5) is 28.9 Å². The predicted octanol–water partition coefficient (Wildman–Crippen LogP) is 5.05. The maximum Gasteiger partial charge on any atom is 0.419 e. The molecule has 0 radical (unpaired) electrons. The van der Waals surface area contributed by atoms with Gasteiger partial charge >= 0.3 is 12.1 Å². The van der Waals surface area contributed by atoms with Crippen LogP contribution in [0.25, 0.3) is 0 Å². The molecule has 0 bridgehead atoms. The number of alkyl halides is 3. The molecule has 0 heterocycles. The molecule has 0 aliphatic rings. The normalized spacial score (nSPS) is 11.0. The first-order chi connectivity index (χ1) is 15.1. The number of hydrogen-bond donors (Lipinski definition) is 3. The Morgan fingerprint density at radius 1 is 0.781 bits per heavy atom. The van der Waals surface area contributed by atoms with E-state index < -0.39 is 35.3 Å². The fourth-order valence-corrected chi connectivity index (χ4v) is 2.80. The molecule has 0 spiro atoms. The van der Waals surface area contributed by atoms with Gasteiger partial charge < -0.3 is 15.7 Å². The molecule has 2 amide bonds. The van der Waals surface area contributed by atoms with Crippen molar-refractivity contribution in [2.75, 3.05) is 10.6 Å². The van der Waals surface area contributed by atoms with Gasteiger partial charge in [0, 0.05) is 11.3 Å². The average molecular weight is 446 g/mol. The summed E-state index contributed by atoms with van der Waals surface area (Å²) in [5.41, 5.74) is -1.72. The van der Waals surface area contributed by atoms with Crippen LogP contribution in [0.2, 0.25) is 0 Å². The number of amides is 2. The minimum atomic E-state index is -4.90. The van der Waals surface area contributed by atoms with Gasteiger partial charge in [-0.15, -0.1) is 0 Å². The van der Waals surface area contributed by atoms with Crippen LogP contribution >= 0.6 is 0 Å². The maximum absolute atomic E-state index is 13.8. The van der Waals surface area contributed by atoms with Crippen molar-refractivity contribution in [2.24, 2.45) is 0 Å². The van der Waals surface area contributed by atoms with E-state index in [1.54, 1.807) is 0 Å². The second kappa shape index (κ2) is 8.88. The lowest BCUT2D eigenvalue weighted by Crippen LogP contribution is -2.19. The van der Waals surface area contributed by atoms with Crippen molar-refractivity contribution in [1.82, 2.24) is 0 Å². The molecule has 3 N–H and O–H groups in total. The summed E-state index contributed by atoms with van der Waals surface area (Å²) < 4.78 is 51.9. The number of para-hydroxylation sites is 1. The second-order valence-corrected chi connectivity index (χ2v) is 6.53. The molecule has 0 unspecified atom stereocenters. The number of aromatic carboxylic acids is 1. The average Bonchev–Trinajstić information content (AvgIpc) is 2.73. The summed E-state index contributed by atoms with van der Waals surface area (Å²) in [4.78, 5) is 36.1. The number of nitrogens with one attached hydrogen (secondary N) is 2. The smallest absolute Gasteiger partial charge is 0.419 e. The number of carbonyl (C=O) groups is 3. The number of carbonyl (C=O) groups excluding carboxylic acids is 2. The molecular formula is C22H14F4N2O4. The summed E-state index contributed by atoms with van der Waals surface area (Å²) in [6.45, 7) is 0. The van der Waals surface area contributed by atoms with E-state index in [4.69, 9.17) is 5.11 Å². The summed E-state index contributed by atoms with van der Waals surface area (Å²) in [6, 6.07) is 13.0. The number of benzene rings is 3. The van der Waals surface area contributed by atoms with E-state index in [9.17, 15) is 31.9 Å². The zero-order valence-corrected chi connectivity index (χ0v) is 16.0. The lowest BCUT2D eigenvalue weighted by Gasteiger charge is -2.13. The number of hydrogen-bond acceptors (Lipinski definition) is 3. The van der Waals surface area contributed by atoms with Crippen molar-refractivity contribution in [2.45, 2.75) is 6.18 Å². The Bertz CT molecular complexity index is 1210. The first-order valence-electron chi connectivity index (χ1n) is 8.98. The molecular weight excluding hydrogens is 432 g/mol. The Hall–Kier alpha value is -4.21. The number of rotatable bonds is 5. The molecule has 3 aromatic carbocycles. The van der Waals surface area contributed by atoms with Crippen molar-refractivity contribution in [3.8, 4) is 0 Å². The molecule has 6 nitrogen and oxygen atoms in total. The Morgan fingerprint density at radius 3 is 2.16 bits per heavy atom. The van der Waals surface area contributed by atoms with Gasteiger partial charge in [0.25, 0.3) is 11.8 Å². The van der Waals surface area contributed by atoms with E-state index in [2.05, 4.69) is 10.6 Å². The van der Waals surface area contributed by atoms with Gasteiger partial charge in [-0.2, -0.15) is 13.2 Å². The summed E-state index contributed by atoms with van der Waals surface area (Å²) in [5.74, 6) is -4.39. The fraction of sp³-hybridized carbons (Fsp3) is 0.0455. The van der Waals surface area contributed by atoms with Crippen molar-refractivity contribution in [3.05, 3.63) is 94.8 Å². The van der Waals surface area contributed by atoms with Crippen LogP contribution in [0, 0.1) is 5.82 Å². The minimum absolute atomic E-state index is 0.00559. The van der Waals surface area contributed by atoms with Crippen molar-refractivity contribution >= 4 is 29.2 Å². The molecule has 0 saturated carbocycles. The molecule has 0 aliphatic carbocycles. The van der Waals surface area contributed by atoms with E-state index in [0.717, 1.165) is 6.07 Å². The Morgan fingerprint density at radius 2 is 1.50 bits per heavy atom. The highest BCUT2D eigenvalue weighted by Gasteiger charge is 2.34. The third-order valence-corrected chi connectivity index (χ3v) is 4.32. The number of halogens is 4. The lowest BCUT2D eigenvalue weighted by atomic mass is 10.1. The van der Waals surface area contributed by atoms with Gasteiger partial charge in [0.2, 0.25) is 0 Å². The van der Waals surface area contributed by atoms with E-state index in [-0.39, 0.29) is 28.1 Å². The number of anilines is 2. The van der Waals surface area contributed by atoms with Crippen LogP contribution in [0.1, 0.15) is 36.6 Å². The molecule has 164 valence electrons. The molecule has 0 saturated heterocycles. The fourth-order valence-electron chi connectivity index (χ4n) is 2.80. The highest BCUT2D eigenvalue weighted by atomic mass is 19.4. The third kappa shape index (κ3) is 5.09. The van der Waals surface area contributed by atoms with Gasteiger partial charge in [-0.3, -0.25) is 9.59 Å². The highest BCUT2D eigenvalue weighted by Crippen LogP contribution is 2.31.